The summed E-state index contributed by atoms with van der Waals surface area (Å²) in [7, 11) is 1.52. The standard InChI is InChI=1S/C25H29N3O4/c1-5-19-12-17(3)13-20(6-2)23(19)27-22(29)16-32-24-21(14-26-28(4)25(24)30)31-15-18-10-8-7-9-11-18/h7-14H,5-6,15-16H2,1-4H3,(H,27,29). The molecule has 0 atom stereocenters. The van der Waals surface area contributed by atoms with Crippen molar-refractivity contribution in [2.45, 2.75) is 40.2 Å². The van der Waals surface area contributed by atoms with E-state index in [9.17, 15) is 9.59 Å². The van der Waals surface area contributed by atoms with Crippen LogP contribution in [0.5, 0.6) is 11.5 Å². The second kappa shape index (κ2) is 10.6. The van der Waals surface area contributed by atoms with Gasteiger partial charge in [0.25, 0.3) is 5.91 Å². The third kappa shape index (κ3) is 5.55. The second-order valence-electron chi connectivity index (χ2n) is 7.54. The quantitative estimate of drug-likeness (QED) is 0.553. The first-order chi connectivity index (χ1) is 15.4. The molecule has 7 nitrogen and oxygen atoms in total. The minimum atomic E-state index is -0.470. The highest BCUT2D eigenvalue weighted by Crippen LogP contribution is 2.25. The average Bonchev–Trinajstić information content (AvgIpc) is 2.80. The van der Waals surface area contributed by atoms with Crippen LogP contribution in [0, 0.1) is 6.92 Å². The van der Waals surface area contributed by atoms with Crippen molar-refractivity contribution >= 4 is 11.6 Å². The van der Waals surface area contributed by atoms with Gasteiger partial charge in [0.15, 0.2) is 12.4 Å². The minimum absolute atomic E-state index is 0.0380. The number of rotatable bonds is 9. The maximum Gasteiger partial charge on any atom is 0.312 e. The molecule has 1 N–H and O–H groups in total. The van der Waals surface area contributed by atoms with Crippen molar-refractivity contribution in [3.63, 3.8) is 0 Å². The number of hydrogen-bond donors (Lipinski definition) is 1. The molecule has 2 aromatic carbocycles. The molecule has 0 saturated heterocycles. The highest BCUT2D eigenvalue weighted by molar-refractivity contribution is 5.93. The van der Waals surface area contributed by atoms with Crippen LogP contribution in [-0.4, -0.2) is 22.3 Å². The fraction of sp³-hybridized carbons (Fsp3) is 0.320. The summed E-state index contributed by atoms with van der Waals surface area (Å²) in [4.78, 5) is 25.3. The Kier molecular flexibility index (Phi) is 7.65. The van der Waals surface area contributed by atoms with Crippen LogP contribution in [0.2, 0.25) is 0 Å². The van der Waals surface area contributed by atoms with Gasteiger partial charge in [0.2, 0.25) is 5.75 Å². The van der Waals surface area contributed by atoms with Gasteiger partial charge in [-0.25, -0.2) is 4.68 Å². The maximum absolute atomic E-state index is 12.7. The molecule has 168 valence electrons. The Bertz CT molecular complexity index is 1110. The first-order valence-corrected chi connectivity index (χ1v) is 10.7. The SMILES string of the molecule is CCc1cc(C)cc(CC)c1NC(=O)COc1c(OCc2ccccc2)cnn(C)c1=O. The number of aryl methyl sites for hydroxylation is 4. The van der Waals surface area contributed by atoms with Crippen LogP contribution in [0.4, 0.5) is 5.69 Å². The lowest BCUT2D eigenvalue weighted by molar-refractivity contribution is -0.118. The van der Waals surface area contributed by atoms with Crippen molar-refractivity contribution in [3.05, 3.63) is 81.3 Å². The number of nitrogens with one attached hydrogen (secondary N) is 1. The molecule has 0 unspecified atom stereocenters. The van der Waals surface area contributed by atoms with Gasteiger partial charge in [-0.1, -0.05) is 61.9 Å². The fourth-order valence-electron chi connectivity index (χ4n) is 3.45. The summed E-state index contributed by atoms with van der Waals surface area (Å²) in [5.74, 6) is -0.182. The molecule has 1 aromatic heterocycles. The zero-order valence-corrected chi connectivity index (χ0v) is 19.0. The van der Waals surface area contributed by atoms with Gasteiger partial charge in [-0.2, -0.15) is 5.10 Å². The summed E-state index contributed by atoms with van der Waals surface area (Å²) in [6.45, 7) is 6.08. The second-order valence-corrected chi connectivity index (χ2v) is 7.54. The molecule has 0 radical (unpaired) electrons. The van der Waals surface area contributed by atoms with Crippen LogP contribution < -0.4 is 20.3 Å². The zero-order chi connectivity index (χ0) is 23.1. The van der Waals surface area contributed by atoms with Gasteiger partial charge in [0.1, 0.15) is 6.61 Å². The number of ether oxygens (including phenoxy) is 2. The predicted octanol–water partition coefficient (Wildman–Crippen LogP) is 3.81. The van der Waals surface area contributed by atoms with E-state index >= 15 is 0 Å². The zero-order valence-electron chi connectivity index (χ0n) is 19.0. The van der Waals surface area contributed by atoms with Gasteiger partial charge in [0.05, 0.1) is 6.20 Å². The molecule has 0 aliphatic heterocycles. The van der Waals surface area contributed by atoms with Crippen LogP contribution in [0.25, 0.3) is 0 Å². The lowest BCUT2D eigenvalue weighted by Crippen LogP contribution is -2.27. The Morgan fingerprint density at radius 1 is 1.06 bits per heavy atom. The molecule has 0 aliphatic rings. The van der Waals surface area contributed by atoms with Gasteiger partial charge in [-0.15, -0.1) is 0 Å². The van der Waals surface area contributed by atoms with E-state index in [2.05, 4.69) is 36.4 Å². The molecule has 0 fully saturated rings. The van der Waals surface area contributed by atoms with Crippen LogP contribution >= 0.6 is 0 Å². The first kappa shape index (κ1) is 23.1. The van der Waals surface area contributed by atoms with E-state index in [4.69, 9.17) is 9.47 Å². The largest absolute Gasteiger partial charge is 0.483 e. The Labute approximate surface area is 188 Å². The normalized spacial score (nSPS) is 10.6. The van der Waals surface area contributed by atoms with Crippen molar-refractivity contribution in [2.75, 3.05) is 11.9 Å². The molecule has 0 spiro atoms. The highest BCUT2D eigenvalue weighted by atomic mass is 16.5. The van der Waals surface area contributed by atoms with Gasteiger partial charge in [-0.05, 0) is 36.5 Å². The number of carbonyl (C=O) groups is 1. The fourth-order valence-corrected chi connectivity index (χ4v) is 3.45. The number of carbonyl (C=O) groups excluding carboxylic acids is 1. The molecular formula is C25H29N3O4. The van der Waals surface area contributed by atoms with Crippen LogP contribution in [-0.2, 0) is 31.3 Å². The third-order valence-corrected chi connectivity index (χ3v) is 5.12. The lowest BCUT2D eigenvalue weighted by atomic mass is 9.99. The van der Waals surface area contributed by atoms with Crippen LogP contribution in [0.15, 0.2) is 53.5 Å². The molecule has 0 aliphatic carbocycles. The molecule has 3 aromatic rings. The molecule has 1 amide bonds. The van der Waals surface area contributed by atoms with E-state index < -0.39 is 5.56 Å². The summed E-state index contributed by atoms with van der Waals surface area (Å²) < 4.78 is 12.5. The highest BCUT2D eigenvalue weighted by Gasteiger charge is 2.17. The van der Waals surface area contributed by atoms with Gasteiger partial charge in [-0.3, -0.25) is 9.59 Å². The number of benzene rings is 2. The van der Waals surface area contributed by atoms with E-state index in [0.29, 0.717) is 0 Å². The molecule has 1 heterocycles. The van der Waals surface area contributed by atoms with E-state index in [1.165, 1.54) is 13.2 Å². The lowest BCUT2D eigenvalue weighted by Gasteiger charge is -2.16. The number of anilines is 1. The summed E-state index contributed by atoms with van der Waals surface area (Å²) >= 11 is 0. The van der Waals surface area contributed by atoms with E-state index in [1.54, 1.807) is 0 Å². The van der Waals surface area contributed by atoms with Crippen LogP contribution in [0.3, 0.4) is 0 Å². The number of nitrogens with zero attached hydrogens (tertiary/aromatic N) is 2. The van der Waals surface area contributed by atoms with Crippen molar-refractivity contribution in [2.24, 2.45) is 7.05 Å². The molecular weight excluding hydrogens is 406 g/mol. The number of aromatic nitrogens is 2. The number of amides is 1. The van der Waals surface area contributed by atoms with E-state index in [1.807, 2.05) is 37.3 Å². The van der Waals surface area contributed by atoms with Crippen molar-refractivity contribution in [1.29, 1.82) is 0 Å². The topological polar surface area (TPSA) is 82.4 Å². The summed E-state index contributed by atoms with van der Waals surface area (Å²) in [6.07, 6.45) is 3.02. The molecule has 3 rings (SSSR count). The minimum Gasteiger partial charge on any atom is -0.483 e. The maximum atomic E-state index is 12.7. The Hall–Kier alpha value is -3.61. The summed E-state index contributed by atoms with van der Waals surface area (Å²) in [6, 6.07) is 13.7. The Morgan fingerprint density at radius 3 is 2.34 bits per heavy atom. The third-order valence-electron chi connectivity index (χ3n) is 5.12. The van der Waals surface area contributed by atoms with Gasteiger partial charge < -0.3 is 14.8 Å². The first-order valence-electron chi connectivity index (χ1n) is 10.7. The monoisotopic (exact) mass is 435 g/mol. The molecule has 0 bridgehead atoms. The van der Waals surface area contributed by atoms with Crippen molar-refractivity contribution in [1.82, 2.24) is 9.78 Å². The van der Waals surface area contributed by atoms with Gasteiger partial charge in [0, 0.05) is 12.7 Å². The van der Waals surface area contributed by atoms with Gasteiger partial charge >= 0.3 is 5.56 Å². The smallest absolute Gasteiger partial charge is 0.312 e. The van der Waals surface area contributed by atoms with Crippen molar-refractivity contribution in [3.8, 4) is 11.5 Å². The van der Waals surface area contributed by atoms with E-state index in [-0.39, 0.29) is 30.6 Å². The molecule has 0 saturated carbocycles. The number of hydrogen-bond acceptors (Lipinski definition) is 5. The molecule has 32 heavy (non-hydrogen) atoms. The van der Waals surface area contributed by atoms with E-state index in [0.717, 1.165) is 45.5 Å². The Morgan fingerprint density at radius 2 is 1.72 bits per heavy atom. The Balaban J connectivity index is 1.75. The summed E-state index contributed by atoms with van der Waals surface area (Å²) in [5.41, 5.74) is 4.59. The van der Waals surface area contributed by atoms with Crippen LogP contribution in [0.1, 0.15) is 36.1 Å². The predicted molar refractivity (Wildman–Crippen MR) is 124 cm³/mol. The summed E-state index contributed by atoms with van der Waals surface area (Å²) in [5, 5.41) is 6.96. The van der Waals surface area contributed by atoms with Crippen molar-refractivity contribution < 1.29 is 14.3 Å². The molecule has 7 heteroatoms. The average molecular weight is 436 g/mol.